The molecule has 0 spiro atoms. The maximum Gasteiger partial charge on any atom is 0.416 e. The SMILES string of the molecule is CCN(Cc1cc(C(F)(F)F)ccc1-c1cc(CC(=O)O)ccc1OC)C(=O)NCc1ccc(Cl)nc1. The third-order valence-corrected chi connectivity index (χ3v) is 5.83. The van der Waals surface area contributed by atoms with Crippen LogP contribution in [0.5, 0.6) is 5.75 Å². The molecule has 0 aliphatic rings. The van der Waals surface area contributed by atoms with Crippen LogP contribution >= 0.6 is 11.6 Å². The number of methoxy groups -OCH3 is 1. The van der Waals surface area contributed by atoms with Crippen LogP contribution < -0.4 is 10.1 Å². The monoisotopic (exact) mass is 535 g/mol. The van der Waals surface area contributed by atoms with E-state index >= 15 is 0 Å². The van der Waals surface area contributed by atoms with Gasteiger partial charge in [0.15, 0.2) is 0 Å². The number of alkyl halides is 3. The topological polar surface area (TPSA) is 91.8 Å². The molecule has 1 aromatic heterocycles. The van der Waals surface area contributed by atoms with Crippen LogP contribution in [-0.4, -0.2) is 40.6 Å². The van der Waals surface area contributed by atoms with Crippen molar-refractivity contribution in [1.29, 1.82) is 0 Å². The number of carbonyl (C=O) groups is 2. The molecular formula is C26H25ClF3N3O4. The van der Waals surface area contributed by atoms with Gasteiger partial charge in [0.25, 0.3) is 0 Å². The number of carboxylic acid groups (broad SMARTS) is 1. The summed E-state index contributed by atoms with van der Waals surface area (Å²) in [6.45, 7) is 1.95. The van der Waals surface area contributed by atoms with Crippen LogP contribution in [0.1, 0.15) is 29.2 Å². The Morgan fingerprint density at radius 3 is 2.41 bits per heavy atom. The van der Waals surface area contributed by atoms with Gasteiger partial charge in [0, 0.05) is 31.4 Å². The van der Waals surface area contributed by atoms with Crippen LogP contribution in [0.4, 0.5) is 18.0 Å². The fraction of sp³-hybridized carbons (Fsp3) is 0.269. The van der Waals surface area contributed by atoms with E-state index in [2.05, 4.69) is 10.3 Å². The first-order valence-corrected chi connectivity index (χ1v) is 11.6. The Labute approximate surface area is 216 Å². The zero-order valence-electron chi connectivity index (χ0n) is 20.1. The highest BCUT2D eigenvalue weighted by atomic mass is 35.5. The van der Waals surface area contributed by atoms with Crippen LogP contribution in [0.25, 0.3) is 11.1 Å². The Kier molecular flexibility index (Phi) is 8.99. The van der Waals surface area contributed by atoms with Gasteiger partial charge in [0.2, 0.25) is 0 Å². The predicted octanol–water partition coefficient (Wildman–Crippen LogP) is 5.79. The number of hydrogen-bond donors (Lipinski definition) is 2. The molecule has 37 heavy (non-hydrogen) atoms. The number of nitrogens with one attached hydrogen (secondary N) is 1. The molecule has 0 fully saturated rings. The number of benzene rings is 2. The molecule has 1 heterocycles. The van der Waals surface area contributed by atoms with Gasteiger partial charge in [-0.1, -0.05) is 29.8 Å². The van der Waals surface area contributed by atoms with Gasteiger partial charge >= 0.3 is 18.2 Å². The van der Waals surface area contributed by atoms with Crippen molar-refractivity contribution in [1.82, 2.24) is 15.2 Å². The van der Waals surface area contributed by atoms with E-state index in [0.717, 1.165) is 12.1 Å². The number of rotatable bonds is 9. The number of carboxylic acids is 1. The number of pyridine rings is 1. The molecule has 2 aromatic carbocycles. The fourth-order valence-corrected chi connectivity index (χ4v) is 3.86. The van der Waals surface area contributed by atoms with Crippen LogP contribution in [0, 0.1) is 0 Å². The molecule has 196 valence electrons. The molecule has 2 amide bonds. The lowest BCUT2D eigenvalue weighted by atomic mass is 9.94. The van der Waals surface area contributed by atoms with E-state index in [1.54, 1.807) is 37.3 Å². The first-order valence-electron chi connectivity index (χ1n) is 11.2. The number of halogens is 4. The summed E-state index contributed by atoms with van der Waals surface area (Å²) in [5.41, 5.74) is 1.34. The van der Waals surface area contributed by atoms with E-state index in [0.29, 0.717) is 33.2 Å². The van der Waals surface area contributed by atoms with Gasteiger partial charge in [-0.15, -0.1) is 0 Å². The molecule has 0 radical (unpaired) electrons. The highest BCUT2D eigenvalue weighted by Crippen LogP contribution is 2.38. The normalized spacial score (nSPS) is 11.2. The van der Waals surface area contributed by atoms with E-state index in [1.165, 1.54) is 24.3 Å². The zero-order valence-corrected chi connectivity index (χ0v) is 20.9. The van der Waals surface area contributed by atoms with Gasteiger partial charge < -0.3 is 20.1 Å². The van der Waals surface area contributed by atoms with Gasteiger partial charge in [-0.05, 0) is 59.5 Å². The molecule has 0 bridgehead atoms. The Morgan fingerprint density at radius 1 is 1.08 bits per heavy atom. The van der Waals surface area contributed by atoms with E-state index in [4.69, 9.17) is 16.3 Å². The minimum atomic E-state index is -4.59. The van der Waals surface area contributed by atoms with Gasteiger partial charge in [-0.2, -0.15) is 13.2 Å². The number of nitrogens with zero attached hydrogens (tertiary/aromatic N) is 2. The van der Waals surface area contributed by atoms with E-state index in [1.807, 2.05) is 0 Å². The quantitative estimate of drug-likeness (QED) is 0.338. The van der Waals surface area contributed by atoms with Crippen molar-refractivity contribution in [2.24, 2.45) is 0 Å². The van der Waals surface area contributed by atoms with Crippen molar-refractivity contribution in [3.05, 3.63) is 82.1 Å². The Bertz CT molecular complexity index is 1270. The van der Waals surface area contributed by atoms with E-state index < -0.39 is 23.7 Å². The average Bonchev–Trinajstić information content (AvgIpc) is 2.85. The molecule has 0 atom stereocenters. The Balaban J connectivity index is 1.97. The molecule has 0 aliphatic carbocycles. The number of ether oxygens (including phenoxy) is 1. The minimum Gasteiger partial charge on any atom is -0.496 e. The first kappa shape index (κ1) is 27.8. The smallest absolute Gasteiger partial charge is 0.416 e. The highest BCUT2D eigenvalue weighted by molar-refractivity contribution is 6.29. The molecule has 11 heteroatoms. The summed E-state index contributed by atoms with van der Waals surface area (Å²) in [7, 11) is 1.41. The summed E-state index contributed by atoms with van der Waals surface area (Å²) in [6, 6.07) is 10.8. The lowest BCUT2D eigenvalue weighted by molar-refractivity contribution is -0.138. The number of urea groups is 1. The lowest BCUT2D eigenvalue weighted by Gasteiger charge is -2.24. The van der Waals surface area contributed by atoms with Gasteiger partial charge in [0.1, 0.15) is 10.9 Å². The third kappa shape index (κ3) is 7.36. The summed E-state index contributed by atoms with van der Waals surface area (Å²) in [4.78, 5) is 29.4. The second kappa shape index (κ2) is 12.0. The standard InChI is InChI=1S/C26H25ClF3N3O4/c1-3-33(25(36)32-14-17-5-9-23(27)31-13-17)15-18-12-19(26(28,29)30)6-7-20(18)21-10-16(11-24(34)35)4-8-22(21)37-2/h4-10,12-13H,3,11,14-15H2,1-2H3,(H,32,36)(H,34,35). The molecule has 0 saturated heterocycles. The molecular weight excluding hydrogens is 511 g/mol. The summed E-state index contributed by atoms with van der Waals surface area (Å²) < 4.78 is 46.1. The van der Waals surface area contributed by atoms with Crippen molar-refractivity contribution in [2.75, 3.05) is 13.7 Å². The van der Waals surface area contributed by atoms with Crippen molar-refractivity contribution >= 4 is 23.6 Å². The predicted molar refractivity (Wildman–Crippen MR) is 132 cm³/mol. The number of hydrogen-bond acceptors (Lipinski definition) is 4. The molecule has 3 aromatic rings. The number of carbonyl (C=O) groups excluding carboxylic acids is 1. The largest absolute Gasteiger partial charge is 0.496 e. The van der Waals surface area contributed by atoms with Gasteiger partial charge in [0.05, 0.1) is 19.1 Å². The van der Waals surface area contributed by atoms with Gasteiger partial charge in [-0.25, -0.2) is 9.78 Å². The molecule has 0 saturated carbocycles. The lowest BCUT2D eigenvalue weighted by Crippen LogP contribution is -2.39. The minimum absolute atomic E-state index is 0.132. The zero-order chi connectivity index (χ0) is 27.2. The second-order valence-corrected chi connectivity index (χ2v) is 8.52. The maximum atomic E-state index is 13.6. The van der Waals surface area contributed by atoms with Crippen molar-refractivity contribution in [3.8, 4) is 16.9 Å². The van der Waals surface area contributed by atoms with Crippen molar-refractivity contribution < 1.29 is 32.6 Å². The molecule has 0 aliphatic heterocycles. The molecule has 3 rings (SSSR count). The summed E-state index contributed by atoms with van der Waals surface area (Å²) in [5.74, 6) is -0.689. The van der Waals surface area contributed by atoms with E-state index in [-0.39, 0.29) is 31.6 Å². The van der Waals surface area contributed by atoms with E-state index in [9.17, 15) is 27.9 Å². The molecule has 7 nitrogen and oxygen atoms in total. The van der Waals surface area contributed by atoms with Crippen molar-refractivity contribution in [3.63, 3.8) is 0 Å². The average molecular weight is 536 g/mol. The van der Waals surface area contributed by atoms with Crippen LogP contribution in [-0.2, 0) is 30.5 Å². The summed E-state index contributed by atoms with van der Waals surface area (Å²) in [5, 5.41) is 12.2. The Hall–Kier alpha value is -3.79. The van der Waals surface area contributed by atoms with Gasteiger partial charge in [-0.3, -0.25) is 4.79 Å². The highest BCUT2D eigenvalue weighted by Gasteiger charge is 2.31. The first-order chi connectivity index (χ1) is 17.5. The fourth-order valence-electron chi connectivity index (χ4n) is 3.75. The van der Waals surface area contributed by atoms with Crippen LogP contribution in [0.2, 0.25) is 5.15 Å². The summed E-state index contributed by atoms with van der Waals surface area (Å²) >= 11 is 5.78. The Morgan fingerprint density at radius 2 is 1.81 bits per heavy atom. The maximum absolute atomic E-state index is 13.6. The number of aromatic nitrogens is 1. The van der Waals surface area contributed by atoms with Crippen LogP contribution in [0.15, 0.2) is 54.7 Å². The second-order valence-electron chi connectivity index (χ2n) is 8.14. The molecule has 2 N–H and O–H groups in total. The van der Waals surface area contributed by atoms with Crippen LogP contribution in [0.3, 0.4) is 0 Å². The summed E-state index contributed by atoms with van der Waals surface area (Å²) in [6.07, 6.45) is -3.35. The van der Waals surface area contributed by atoms with Crippen molar-refractivity contribution in [2.45, 2.75) is 32.6 Å². The molecule has 0 unspecified atom stereocenters. The number of amides is 2. The number of aliphatic carboxylic acids is 1. The third-order valence-electron chi connectivity index (χ3n) is 5.60.